The first-order chi connectivity index (χ1) is 14.1. The zero-order valence-electron chi connectivity index (χ0n) is 16.0. The van der Waals surface area contributed by atoms with E-state index < -0.39 is 0 Å². The van der Waals surface area contributed by atoms with E-state index >= 15 is 0 Å². The number of carbonyl (C=O) groups is 1. The molecule has 29 heavy (non-hydrogen) atoms. The lowest BCUT2D eigenvalue weighted by molar-refractivity contribution is -0.117. The van der Waals surface area contributed by atoms with Crippen LogP contribution in [0.2, 0.25) is 5.02 Å². The highest BCUT2D eigenvalue weighted by Gasteiger charge is 2.35. The predicted molar refractivity (Wildman–Crippen MR) is 112 cm³/mol. The van der Waals surface area contributed by atoms with Crippen LogP contribution in [0.5, 0.6) is 5.75 Å². The summed E-state index contributed by atoms with van der Waals surface area (Å²) in [6.07, 6.45) is 5.11. The second-order valence-corrected chi connectivity index (χ2v) is 8.99. The van der Waals surface area contributed by atoms with Crippen molar-refractivity contribution in [1.82, 2.24) is 10.1 Å². The topological polar surface area (TPSA) is 68.5 Å². The Labute approximate surface area is 177 Å². The minimum atomic E-state index is -0.101. The van der Waals surface area contributed by atoms with E-state index in [2.05, 4.69) is 16.2 Å². The van der Waals surface area contributed by atoms with Crippen molar-refractivity contribution in [3.8, 4) is 16.5 Å². The van der Waals surface area contributed by atoms with Gasteiger partial charge in [-0.15, -0.1) is 11.3 Å². The number of aromatic nitrogens is 2. The summed E-state index contributed by atoms with van der Waals surface area (Å²) < 4.78 is 10.7. The molecule has 1 amide bonds. The maximum Gasteiger partial charge on any atom is 0.268 e. The van der Waals surface area contributed by atoms with Crippen LogP contribution in [0.15, 0.2) is 28.8 Å². The Bertz CT molecular complexity index is 1050. The zero-order chi connectivity index (χ0) is 20.0. The van der Waals surface area contributed by atoms with Crippen LogP contribution in [0.4, 0.5) is 5.69 Å². The van der Waals surface area contributed by atoms with Gasteiger partial charge in [-0.05, 0) is 55.5 Å². The lowest BCUT2D eigenvalue weighted by atomic mass is 9.99. The van der Waals surface area contributed by atoms with Gasteiger partial charge in [0.15, 0.2) is 5.82 Å². The summed E-state index contributed by atoms with van der Waals surface area (Å²) in [5.74, 6) is 1.64. The Hall–Kier alpha value is -2.38. The van der Waals surface area contributed by atoms with Gasteiger partial charge in [-0.3, -0.25) is 4.79 Å². The Morgan fingerprint density at radius 3 is 2.93 bits per heavy atom. The number of hydrogen-bond donors (Lipinski definition) is 0. The Morgan fingerprint density at radius 1 is 1.28 bits per heavy atom. The lowest BCUT2D eigenvalue weighted by Crippen LogP contribution is -2.24. The molecule has 5 rings (SSSR count). The smallest absolute Gasteiger partial charge is 0.268 e. The summed E-state index contributed by atoms with van der Waals surface area (Å²) in [7, 11) is 1.57. The van der Waals surface area contributed by atoms with Crippen molar-refractivity contribution in [3.63, 3.8) is 0 Å². The zero-order valence-corrected chi connectivity index (χ0v) is 17.6. The number of aryl methyl sites for hydroxylation is 2. The minimum Gasteiger partial charge on any atom is -0.495 e. The van der Waals surface area contributed by atoms with Crippen LogP contribution in [0.3, 0.4) is 0 Å². The van der Waals surface area contributed by atoms with Gasteiger partial charge < -0.3 is 14.2 Å². The molecular formula is C21H20ClN3O3S. The molecule has 1 aliphatic heterocycles. The molecule has 1 atom stereocenters. The second-order valence-electron chi connectivity index (χ2n) is 7.45. The SMILES string of the molecule is COc1ccc(N2CC(c3noc(-c4cc5c(s4)CCCC5)n3)CC2=O)cc1Cl. The normalized spacial score (nSPS) is 18.9. The fraction of sp³-hybridized carbons (Fsp3) is 0.381. The minimum absolute atomic E-state index is 0.0224. The van der Waals surface area contributed by atoms with Crippen LogP contribution < -0.4 is 9.64 Å². The monoisotopic (exact) mass is 429 g/mol. The Balaban J connectivity index is 1.35. The number of carbonyl (C=O) groups excluding carboxylic acids is 1. The molecule has 1 saturated heterocycles. The van der Waals surface area contributed by atoms with E-state index in [0.29, 0.717) is 35.5 Å². The van der Waals surface area contributed by atoms with Crippen LogP contribution in [0.1, 0.15) is 41.4 Å². The third kappa shape index (κ3) is 3.42. The second kappa shape index (κ2) is 7.46. The number of halogens is 1. The lowest BCUT2D eigenvalue weighted by Gasteiger charge is -2.17. The molecule has 0 radical (unpaired) electrons. The summed E-state index contributed by atoms with van der Waals surface area (Å²) in [5, 5.41) is 4.66. The number of amides is 1. The maximum absolute atomic E-state index is 12.6. The van der Waals surface area contributed by atoms with Gasteiger partial charge in [0.05, 0.1) is 17.0 Å². The van der Waals surface area contributed by atoms with E-state index in [1.165, 1.54) is 23.3 Å². The first-order valence-electron chi connectivity index (χ1n) is 9.72. The number of hydrogen-bond acceptors (Lipinski definition) is 6. The molecule has 0 saturated carbocycles. The van der Waals surface area contributed by atoms with Crippen molar-refractivity contribution < 1.29 is 14.1 Å². The largest absolute Gasteiger partial charge is 0.495 e. The number of methoxy groups -OCH3 is 1. The molecule has 2 aliphatic rings. The third-order valence-corrected chi connectivity index (χ3v) is 7.11. The van der Waals surface area contributed by atoms with Gasteiger partial charge in [-0.1, -0.05) is 16.8 Å². The highest BCUT2D eigenvalue weighted by molar-refractivity contribution is 7.15. The van der Waals surface area contributed by atoms with Gasteiger partial charge in [-0.25, -0.2) is 0 Å². The molecule has 6 nitrogen and oxygen atoms in total. The van der Waals surface area contributed by atoms with Gasteiger partial charge in [0.1, 0.15) is 5.75 Å². The maximum atomic E-state index is 12.6. The molecule has 3 aromatic rings. The molecule has 0 spiro atoms. The van der Waals surface area contributed by atoms with Crippen molar-refractivity contribution in [2.45, 2.75) is 38.0 Å². The van der Waals surface area contributed by atoms with Gasteiger partial charge in [0.25, 0.3) is 5.89 Å². The van der Waals surface area contributed by atoms with E-state index in [-0.39, 0.29) is 11.8 Å². The number of thiophene rings is 1. The van der Waals surface area contributed by atoms with Crippen LogP contribution in [0.25, 0.3) is 10.8 Å². The first kappa shape index (κ1) is 18.6. The predicted octanol–water partition coefficient (Wildman–Crippen LogP) is 4.86. The van der Waals surface area contributed by atoms with Crippen LogP contribution in [-0.4, -0.2) is 29.7 Å². The average Bonchev–Trinajstić information content (AvgIpc) is 3.45. The quantitative estimate of drug-likeness (QED) is 0.592. The van der Waals surface area contributed by atoms with Crippen molar-refractivity contribution in [2.75, 3.05) is 18.6 Å². The number of nitrogens with zero attached hydrogens (tertiary/aromatic N) is 3. The van der Waals surface area contributed by atoms with Crippen LogP contribution in [0, 0.1) is 0 Å². The van der Waals surface area contributed by atoms with Crippen LogP contribution in [-0.2, 0) is 17.6 Å². The van der Waals surface area contributed by atoms with Crippen LogP contribution >= 0.6 is 22.9 Å². The fourth-order valence-electron chi connectivity index (χ4n) is 4.05. The number of fused-ring (bicyclic) bond motifs is 1. The molecule has 3 heterocycles. The molecule has 0 N–H and O–H groups in total. The van der Waals surface area contributed by atoms with Crippen molar-refractivity contribution >= 4 is 34.5 Å². The standard InChI is InChI=1S/C21H20ClN3O3S/c1-27-16-7-6-14(10-15(16)22)25-11-13(9-19(25)26)20-23-21(28-24-20)18-8-12-4-2-3-5-17(12)29-18/h6-8,10,13H,2-5,9,11H2,1H3. The number of rotatable bonds is 4. The van der Waals surface area contributed by atoms with Gasteiger partial charge in [-0.2, -0.15) is 4.98 Å². The van der Waals surface area contributed by atoms with Gasteiger partial charge in [0, 0.05) is 29.4 Å². The number of benzene rings is 1. The summed E-state index contributed by atoms with van der Waals surface area (Å²) in [5.41, 5.74) is 2.16. The summed E-state index contributed by atoms with van der Waals surface area (Å²) in [6, 6.07) is 7.53. The molecule has 150 valence electrons. The fourth-order valence-corrected chi connectivity index (χ4v) is 5.48. The van der Waals surface area contributed by atoms with Crippen molar-refractivity contribution in [2.24, 2.45) is 0 Å². The summed E-state index contributed by atoms with van der Waals surface area (Å²) in [4.78, 5) is 21.4. The van der Waals surface area contributed by atoms with Crippen molar-refractivity contribution in [3.05, 3.63) is 45.6 Å². The Kier molecular flexibility index (Phi) is 4.80. The third-order valence-electron chi connectivity index (χ3n) is 5.59. The molecule has 1 aromatic carbocycles. The number of anilines is 1. The van der Waals surface area contributed by atoms with Gasteiger partial charge >= 0.3 is 0 Å². The Morgan fingerprint density at radius 2 is 2.14 bits per heavy atom. The molecular weight excluding hydrogens is 410 g/mol. The van der Waals surface area contributed by atoms with E-state index in [1.807, 2.05) is 6.07 Å². The molecule has 2 aromatic heterocycles. The average molecular weight is 430 g/mol. The first-order valence-corrected chi connectivity index (χ1v) is 10.9. The van der Waals surface area contributed by atoms with Gasteiger partial charge in [0.2, 0.25) is 5.91 Å². The molecule has 1 aliphatic carbocycles. The number of ether oxygens (including phenoxy) is 1. The van der Waals surface area contributed by atoms with E-state index in [1.54, 1.807) is 35.5 Å². The summed E-state index contributed by atoms with van der Waals surface area (Å²) in [6.45, 7) is 0.501. The summed E-state index contributed by atoms with van der Waals surface area (Å²) >= 11 is 7.97. The molecule has 1 fully saturated rings. The molecule has 0 bridgehead atoms. The van der Waals surface area contributed by atoms with E-state index in [4.69, 9.17) is 20.9 Å². The van der Waals surface area contributed by atoms with E-state index in [0.717, 1.165) is 23.4 Å². The highest BCUT2D eigenvalue weighted by Crippen LogP contribution is 2.37. The molecule has 1 unspecified atom stereocenters. The van der Waals surface area contributed by atoms with E-state index in [9.17, 15) is 4.79 Å². The van der Waals surface area contributed by atoms with Crippen molar-refractivity contribution in [1.29, 1.82) is 0 Å². The highest BCUT2D eigenvalue weighted by atomic mass is 35.5. The molecule has 8 heteroatoms.